The van der Waals surface area contributed by atoms with E-state index in [1.807, 2.05) is 56.3 Å². The molecule has 0 fully saturated rings. The van der Waals surface area contributed by atoms with E-state index in [1.165, 1.54) is 11.1 Å². The third kappa shape index (κ3) is 7.21. The minimum atomic E-state index is -0.353. The molecule has 1 heterocycles. The van der Waals surface area contributed by atoms with Crippen LogP contribution in [-0.4, -0.2) is 17.4 Å². The van der Waals surface area contributed by atoms with Crippen LogP contribution in [0.5, 0.6) is 28.7 Å². The first-order chi connectivity index (χ1) is 21.9. The predicted octanol–water partition coefficient (Wildman–Crippen LogP) is 8.53. The monoisotopic (exact) mass is 598 g/mol. The van der Waals surface area contributed by atoms with Gasteiger partial charge in [0.2, 0.25) is 0 Å². The van der Waals surface area contributed by atoms with E-state index < -0.39 is 0 Å². The molecule has 45 heavy (non-hydrogen) atoms. The lowest BCUT2D eigenvalue weighted by Crippen LogP contribution is -2.13. The molecule has 5 aromatic rings. The molecule has 0 saturated carbocycles. The Morgan fingerprint density at radius 2 is 1.51 bits per heavy atom. The Bertz CT molecular complexity index is 1780. The quantitative estimate of drug-likeness (QED) is 0.153. The molecular formula is C38H34N2O5. The Balaban J connectivity index is 1.18. The standard InChI is InChI=1S/C38H34N2O5/c1-25(2)34-22-35(40-38(42)27-12-14-32(15-13-27)44-31-10-4-3-5-11-31)37(43-24-41)23-36(34)45-33-16-17-39-30(21-33)20-26-18-28-8-6-7-9-29(28)19-26/h3-17,21-26H,18-20H2,1-2H3,(H,40,42). The summed E-state index contributed by atoms with van der Waals surface area (Å²) in [5, 5.41) is 2.90. The van der Waals surface area contributed by atoms with Gasteiger partial charge in [0.05, 0.1) is 5.69 Å². The topological polar surface area (TPSA) is 86.8 Å². The highest BCUT2D eigenvalue weighted by Gasteiger charge is 2.22. The smallest absolute Gasteiger partial charge is 0.298 e. The highest BCUT2D eigenvalue weighted by molar-refractivity contribution is 6.05. The van der Waals surface area contributed by atoms with Crippen LogP contribution < -0.4 is 19.5 Å². The van der Waals surface area contributed by atoms with E-state index in [0.29, 0.717) is 46.6 Å². The van der Waals surface area contributed by atoms with Crippen LogP contribution in [0, 0.1) is 5.92 Å². The van der Waals surface area contributed by atoms with Crippen molar-refractivity contribution >= 4 is 18.1 Å². The van der Waals surface area contributed by atoms with Crippen molar-refractivity contribution < 1.29 is 23.8 Å². The second kappa shape index (κ2) is 13.5. The molecule has 1 amide bonds. The largest absolute Gasteiger partial charge is 0.457 e. The van der Waals surface area contributed by atoms with Crippen molar-refractivity contribution in [1.29, 1.82) is 0 Å². The molecule has 1 aromatic heterocycles. The number of hydrogen-bond acceptors (Lipinski definition) is 6. The molecule has 1 aliphatic rings. The van der Waals surface area contributed by atoms with Gasteiger partial charge in [-0.15, -0.1) is 0 Å². The van der Waals surface area contributed by atoms with Gasteiger partial charge in [-0.3, -0.25) is 14.6 Å². The van der Waals surface area contributed by atoms with Gasteiger partial charge in [0, 0.05) is 29.6 Å². The molecule has 0 unspecified atom stereocenters. The molecule has 0 radical (unpaired) electrons. The first-order valence-corrected chi connectivity index (χ1v) is 15.1. The van der Waals surface area contributed by atoms with E-state index in [2.05, 4.69) is 34.6 Å². The summed E-state index contributed by atoms with van der Waals surface area (Å²) in [6.07, 6.45) is 4.71. The molecule has 0 aliphatic heterocycles. The fraction of sp³-hybridized carbons (Fsp3) is 0.184. The van der Waals surface area contributed by atoms with Crippen LogP contribution in [0.4, 0.5) is 5.69 Å². The molecule has 0 atom stereocenters. The van der Waals surface area contributed by atoms with Crippen molar-refractivity contribution in [2.24, 2.45) is 5.92 Å². The van der Waals surface area contributed by atoms with E-state index >= 15 is 0 Å². The SMILES string of the molecule is CC(C)c1cc(NC(=O)c2ccc(Oc3ccccc3)cc2)c(OC=O)cc1Oc1ccnc(CC2Cc3ccccc3C2)c1. The number of hydrogen-bond donors (Lipinski definition) is 1. The normalized spacial score (nSPS) is 12.4. The predicted molar refractivity (Wildman–Crippen MR) is 173 cm³/mol. The molecule has 0 spiro atoms. The summed E-state index contributed by atoms with van der Waals surface area (Å²) in [6, 6.07) is 32.1. The zero-order valence-corrected chi connectivity index (χ0v) is 25.2. The summed E-state index contributed by atoms with van der Waals surface area (Å²) in [5.74, 6) is 2.87. The van der Waals surface area contributed by atoms with Crippen LogP contribution in [0.1, 0.15) is 52.5 Å². The van der Waals surface area contributed by atoms with E-state index in [1.54, 1.807) is 42.6 Å². The fourth-order valence-electron chi connectivity index (χ4n) is 5.71. The Morgan fingerprint density at radius 3 is 2.20 bits per heavy atom. The molecule has 0 saturated heterocycles. The molecule has 226 valence electrons. The maximum Gasteiger partial charge on any atom is 0.298 e. The Kier molecular flexibility index (Phi) is 8.87. The summed E-state index contributed by atoms with van der Waals surface area (Å²) in [7, 11) is 0. The first kappa shape index (κ1) is 29.6. The molecule has 0 bridgehead atoms. The highest BCUT2D eigenvalue weighted by Crippen LogP contribution is 2.39. The minimum Gasteiger partial charge on any atom is -0.457 e. The average molecular weight is 599 g/mol. The summed E-state index contributed by atoms with van der Waals surface area (Å²) in [4.78, 5) is 29.3. The Morgan fingerprint density at radius 1 is 0.822 bits per heavy atom. The number of aromatic nitrogens is 1. The number of amides is 1. The first-order valence-electron chi connectivity index (χ1n) is 15.1. The number of rotatable bonds is 11. The summed E-state index contributed by atoms with van der Waals surface area (Å²) in [5.41, 5.74) is 5.43. The summed E-state index contributed by atoms with van der Waals surface area (Å²) >= 11 is 0. The number of nitrogens with one attached hydrogen (secondary N) is 1. The minimum absolute atomic E-state index is 0.0497. The van der Waals surface area contributed by atoms with Crippen LogP contribution in [0.2, 0.25) is 0 Å². The van der Waals surface area contributed by atoms with Crippen molar-refractivity contribution in [1.82, 2.24) is 4.98 Å². The third-order valence-electron chi connectivity index (χ3n) is 7.90. The summed E-state index contributed by atoms with van der Waals surface area (Å²) in [6.45, 7) is 4.41. The fourth-order valence-corrected chi connectivity index (χ4v) is 5.71. The maximum atomic E-state index is 13.2. The van der Waals surface area contributed by atoms with E-state index in [9.17, 15) is 9.59 Å². The van der Waals surface area contributed by atoms with Crippen LogP contribution in [0.15, 0.2) is 109 Å². The molecule has 6 rings (SSSR count). The Hall–Kier alpha value is -5.43. The molecular weight excluding hydrogens is 564 g/mol. The van der Waals surface area contributed by atoms with Gasteiger partial charge in [-0.05, 0) is 96.3 Å². The molecule has 1 N–H and O–H groups in total. The van der Waals surface area contributed by atoms with Gasteiger partial charge in [0.25, 0.3) is 12.4 Å². The van der Waals surface area contributed by atoms with Crippen LogP contribution in [-0.2, 0) is 24.1 Å². The lowest BCUT2D eigenvalue weighted by atomic mass is 9.99. The zero-order valence-electron chi connectivity index (χ0n) is 25.2. The van der Waals surface area contributed by atoms with Gasteiger partial charge in [-0.25, -0.2) is 0 Å². The van der Waals surface area contributed by atoms with Crippen LogP contribution in [0.3, 0.4) is 0 Å². The van der Waals surface area contributed by atoms with Crippen molar-refractivity contribution in [3.63, 3.8) is 0 Å². The lowest BCUT2D eigenvalue weighted by molar-refractivity contribution is -0.120. The third-order valence-corrected chi connectivity index (χ3v) is 7.90. The van der Waals surface area contributed by atoms with E-state index in [-0.39, 0.29) is 17.6 Å². The van der Waals surface area contributed by atoms with E-state index in [0.717, 1.165) is 30.5 Å². The second-order valence-corrected chi connectivity index (χ2v) is 11.5. The summed E-state index contributed by atoms with van der Waals surface area (Å²) < 4.78 is 17.5. The lowest BCUT2D eigenvalue weighted by Gasteiger charge is -2.19. The molecule has 7 nitrogen and oxygen atoms in total. The van der Waals surface area contributed by atoms with Gasteiger partial charge in [0.15, 0.2) is 5.75 Å². The van der Waals surface area contributed by atoms with Crippen molar-refractivity contribution in [3.8, 4) is 28.7 Å². The van der Waals surface area contributed by atoms with Gasteiger partial charge in [0.1, 0.15) is 23.0 Å². The average Bonchev–Trinajstić information content (AvgIpc) is 3.45. The highest BCUT2D eigenvalue weighted by atomic mass is 16.5. The van der Waals surface area contributed by atoms with Gasteiger partial charge >= 0.3 is 0 Å². The molecule has 7 heteroatoms. The van der Waals surface area contributed by atoms with Gasteiger partial charge < -0.3 is 19.5 Å². The number of para-hydroxylation sites is 1. The van der Waals surface area contributed by atoms with Gasteiger partial charge in [-0.2, -0.15) is 0 Å². The number of pyridine rings is 1. The number of fused-ring (bicyclic) bond motifs is 1. The van der Waals surface area contributed by atoms with Crippen LogP contribution >= 0.6 is 0 Å². The molecule has 1 aliphatic carbocycles. The number of benzene rings is 4. The molecule has 4 aromatic carbocycles. The van der Waals surface area contributed by atoms with Crippen molar-refractivity contribution in [2.45, 2.75) is 39.0 Å². The van der Waals surface area contributed by atoms with Gasteiger partial charge in [-0.1, -0.05) is 56.3 Å². The number of carbonyl (C=O) groups is 2. The zero-order chi connectivity index (χ0) is 31.2. The number of nitrogens with zero attached hydrogens (tertiary/aromatic N) is 1. The van der Waals surface area contributed by atoms with Crippen molar-refractivity contribution in [2.75, 3.05) is 5.32 Å². The number of ether oxygens (including phenoxy) is 3. The van der Waals surface area contributed by atoms with Crippen LogP contribution in [0.25, 0.3) is 0 Å². The van der Waals surface area contributed by atoms with Crippen molar-refractivity contribution in [3.05, 3.63) is 137 Å². The second-order valence-electron chi connectivity index (χ2n) is 11.5. The Labute approximate surface area is 262 Å². The maximum absolute atomic E-state index is 13.2. The number of carbonyl (C=O) groups excluding carboxylic acids is 2. The van der Waals surface area contributed by atoms with E-state index in [4.69, 9.17) is 14.2 Å². The number of anilines is 1.